The van der Waals surface area contributed by atoms with E-state index in [1.165, 1.54) is 6.42 Å². The maximum atomic E-state index is 11.9. The molecular weight excluding hydrogens is 208 g/mol. The third kappa shape index (κ3) is 3.68. The predicted octanol–water partition coefficient (Wildman–Crippen LogP) is 1.37. The van der Waals surface area contributed by atoms with Crippen molar-refractivity contribution in [1.82, 2.24) is 5.32 Å². The van der Waals surface area contributed by atoms with E-state index in [9.17, 15) is 4.79 Å². The van der Waals surface area contributed by atoms with Gasteiger partial charge in [-0.15, -0.1) is 0 Å². The van der Waals surface area contributed by atoms with Gasteiger partial charge in [-0.3, -0.25) is 4.79 Å². The van der Waals surface area contributed by atoms with Crippen LogP contribution in [0.2, 0.25) is 0 Å². The molecular formula is C11H22N2OS. The Morgan fingerprint density at radius 1 is 1.67 bits per heavy atom. The minimum absolute atomic E-state index is 0.0445. The lowest BCUT2D eigenvalue weighted by atomic mass is 9.76. The van der Waals surface area contributed by atoms with Gasteiger partial charge in [-0.25, -0.2) is 0 Å². The van der Waals surface area contributed by atoms with E-state index in [4.69, 9.17) is 5.73 Å². The zero-order chi connectivity index (χ0) is 11.3. The standard InChI is InChI=1S/C11H22N2OS/c1-9-4-3-5-11(12,8-9)10(14)13-6-7-15-2/h9H,3-8,12H2,1-2H3,(H,13,14). The second-order valence-corrected chi connectivity index (χ2v) is 5.59. The lowest BCUT2D eigenvalue weighted by Crippen LogP contribution is -2.56. The van der Waals surface area contributed by atoms with Crippen molar-refractivity contribution in [3.63, 3.8) is 0 Å². The van der Waals surface area contributed by atoms with Crippen molar-refractivity contribution in [3.8, 4) is 0 Å². The number of carbonyl (C=O) groups is 1. The van der Waals surface area contributed by atoms with Gasteiger partial charge >= 0.3 is 0 Å². The number of nitrogens with two attached hydrogens (primary N) is 1. The van der Waals surface area contributed by atoms with E-state index in [0.717, 1.165) is 31.6 Å². The first-order valence-electron chi connectivity index (χ1n) is 5.64. The highest BCUT2D eigenvalue weighted by atomic mass is 32.2. The molecule has 0 aromatic carbocycles. The van der Waals surface area contributed by atoms with E-state index in [-0.39, 0.29) is 5.91 Å². The minimum atomic E-state index is -0.601. The summed E-state index contributed by atoms with van der Waals surface area (Å²) in [7, 11) is 0. The SMILES string of the molecule is CSCCNC(=O)C1(N)CCCC(C)C1. The molecule has 0 bridgehead atoms. The van der Waals surface area contributed by atoms with Crippen LogP contribution in [0.25, 0.3) is 0 Å². The van der Waals surface area contributed by atoms with E-state index in [1.807, 2.05) is 6.26 Å². The van der Waals surface area contributed by atoms with Gasteiger partial charge in [0.15, 0.2) is 0 Å². The third-order valence-electron chi connectivity index (χ3n) is 3.08. The molecule has 1 amide bonds. The van der Waals surface area contributed by atoms with Gasteiger partial charge in [0.1, 0.15) is 0 Å². The summed E-state index contributed by atoms with van der Waals surface area (Å²) in [6, 6.07) is 0. The summed E-state index contributed by atoms with van der Waals surface area (Å²) in [6.07, 6.45) is 5.98. The number of nitrogens with one attached hydrogen (secondary N) is 1. The maximum absolute atomic E-state index is 11.9. The van der Waals surface area contributed by atoms with Crippen LogP contribution in [0, 0.1) is 5.92 Å². The Hall–Kier alpha value is -0.220. The molecule has 0 heterocycles. The van der Waals surface area contributed by atoms with E-state index in [1.54, 1.807) is 11.8 Å². The number of rotatable bonds is 4. The normalized spacial score (nSPS) is 31.3. The first-order chi connectivity index (χ1) is 7.08. The number of carbonyl (C=O) groups excluding carboxylic acids is 1. The van der Waals surface area contributed by atoms with Crippen molar-refractivity contribution in [2.24, 2.45) is 11.7 Å². The summed E-state index contributed by atoms with van der Waals surface area (Å²) in [5.41, 5.74) is 5.56. The zero-order valence-electron chi connectivity index (χ0n) is 9.71. The molecule has 15 heavy (non-hydrogen) atoms. The Morgan fingerprint density at radius 3 is 3.00 bits per heavy atom. The van der Waals surface area contributed by atoms with Gasteiger partial charge in [0.05, 0.1) is 5.54 Å². The number of amides is 1. The second-order valence-electron chi connectivity index (χ2n) is 4.61. The van der Waals surface area contributed by atoms with Crippen LogP contribution in [0.5, 0.6) is 0 Å². The van der Waals surface area contributed by atoms with Crippen molar-refractivity contribution in [2.75, 3.05) is 18.6 Å². The van der Waals surface area contributed by atoms with Crippen LogP contribution in [0.3, 0.4) is 0 Å². The fraction of sp³-hybridized carbons (Fsp3) is 0.909. The number of thioether (sulfide) groups is 1. The van der Waals surface area contributed by atoms with Crippen LogP contribution in [-0.4, -0.2) is 30.0 Å². The monoisotopic (exact) mass is 230 g/mol. The van der Waals surface area contributed by atoms with Crippen LogP contribution in [0.15, 0.2) is 0 Å². The molecule has 2 unspecified atom stereocenters. The predicted molar refractivity (Wildman–Crippen MR) is 65.9 cm³/mol. The van der Waals surface area contributed by atoms with Crippen molar-refractivity contribution in [3.05, 3.63) is 0 Å². The van der Waals surface area contributed by atoms with E-state index in [0.29, 0.717) is 5.92 Å². The smallest absolute Gasteiger partial charge is 0.240 e. The first kappa shape index (κ1) is 12.8. The first-order valence-corrected chi connectivity index (χ1v) is 7.04. The van der Waals surface area contributed by atoms with Crippen LogP contribution in [-0.2, 0) is 4.79 Å². The fourth-order valence-electron chi connectivity index (χ4n) is 2.24. The average Bonchev–Trinajstić information content (AvgIpc) is 2.17. The Labute approximate surface area is 96.6 Å². The Kier molecular flexibility index (Phi) is 4.93. The van der Waals surface area contributed by atoms with Crippen molar-refractivity contribution >= 4 is 17.7 Å². The van der Waals surface area contributed by atoms with Gasteiger partial charge in [-0.1, -0.05) is 19.8 Å². The average molecular weight is 230 g/mol. The summed E-state index contributed by atoms with van der Waals surface area (Å²) in [4.78, 5) is 11.9. The third-order valence-corrected chi connectivity index (χ3v) is 3.69. The largest absolute Gasteiger partial charge is 0.354 e. The molecule has 1 fully saturated rings. The van der Waals surface area contributed by atoms with Crippen LogP contribution >= 0.6 is 11.8 Å². The molecule has 3 nitrogen and oxygen atoms in total. The molecule has 88 valence electrons. The molecule has 3 N–H and O–H groups in total. The van der Waals surface area contributed by atoms with Gasteiger partial charge in [-0.2, -0.15) is 11.8 Å². The zero-order valence-corrected chi connectivity index (χ0v) is 10.5. The molecule has 0 saturated heterocycles. The van der Waals surface area contributed by atoms with E-state index >= 15 is 0 Å². The summed E-state index contributed by atoms with van der Waals surface area (Å²) in [5, 5.41) is 2.93. The highest BCUT2D eigenvalue weighted by Crippen LogP contribution is 2.30. The molecule has 0 spiro atoms. The highest BCUT2D eigenvalue weighted by Gasteiger charge is 2.37. The van der Waals surface area contributed by atoms with Crippen LogP contribution in [0.4, 0.5) is 0 Å². The Morgan fingerprint density at radius 2 is 2.40 bits per heavy atom. The van der Waals surface area contributed by atoms with E-state index in [2.05, 4.69) is 12.2 Å². The Balaban J connectivity index is 2.41. The molecule has 1 saturated carbocycles. The molecule has 0 radical (unpaired) electrons. The molecule has 0 aromatic rings. The number of hydrogen-bond donors (Lipinski definition) is 2. The van der Waals surface area contributed by atoms with Crippen molar-refractivity contribution < 1.29 is 4.79 Å². The lowest BCUT2D eigenvalue weighted by Gasteiger charge is -2.35. The topological polar surface area (TPSA) is 55.1 Å². The van der Waals surface area contributed by atoms with Gasteiger partial charge in [0, 0.05) is 12.3 Å². The summed E-state index contributed by atoms with van der Waals surface area (Å²) in [6.45, 7) is 2.91. The van der Waals surface area contributed by atoms with Gasteiger partial charge in [-0.05, 0) is 25.0 Å². The second kappa shape index (κ2) is 5.75. The molecule has 2 atom stereocenters. The molecule has 1 rings (SSSR count). The maximum Gasteiger partial charge on any atom is 0.240 e. The Bertz CT molecular complexity index is 223. The minimum Gasteiger partial charge on any atom is -0.354 e. The van der Waals surface area contributed by atoms with E-state index < -0.39 is 5.54 Å². The highest BCUT2D eigenvalue weighted by molar-refractivity contribution is 7.98. The van der Waals surface area contributed by atoms with Gasteiger partial charge < -0.3 is 11.1 Å². The summed E-state index contributed by atoms with van der Waals surface area (Å²) >= 11 is 1.73. The van der Waals surface area contributed by atoms with Crippen LogP contribution in [0.1, 0.15) is 32.6 Å². The molecule has 1 aliphatic rings. The fourth-order valence-corrected chi connectivity index (χ4v) is 2.55. The molecule has 0 aromatic heterocycles. The summed E-state index contributed by atoms with van der Waals surface area (Å²) < 4.78 is 0. The molecule has 1 aliphatic carbocycles. The van der Waals surface area contributed by atoms with Crippen LogP contribution < -0.4 is 11.1 Å². The van der Waals surface area contributed by atoms with Crippen molar-refractivity contribution in [1.29, 1.82) is 0 Å². The molecule has 0 aliphatic heterocycles. The quantitative estimate of drug-likeness (QED) is 0.717. The number of hydrogen-bond acceptors (Lipinski definition) is 3. The lowest BCUT2D eigenvalue weighted by molar-refractivity contribution is -0.127. The molecule has 4 heteroatoms. The summed E-state index contributed by atoms with van der Waals surface area (Å²) in [5.74, 6) is 1.58. The van der Waals surface area contributed by atoms with Gasteiger partial charge in [0.25, 0.3) is 0 Å². The van der Waals surface area contributed by atoms with Crippen molar-refractivity contribution in [2.45, 2.75) is 38.1 Å². The van der Waals surface area contributed by atoms with Gasteiger partial charge in [0.2, 0.25) is 5.91 Å².